The largest absolute Gasteiger partial charge is 0.341 e. The Hall–Kier alpha value is -3.55. The maximum Gasteiger partial charge on any atom is 0.275 e. The smallest absolute Gasteiger partial charge is 0.275 e. The highest BCUT2D eigenvalue weighted by atomic mass is 16.1. The molecule has 1 saturated heterocycles. The first-order valence-corrected chi connectivity index (χ1v) is 9.22. The van der Waals surface area contributed by atoms with Crippen molar-refractivity contribution >= 4 is 29.0 Å². The van der Waals surface area contributed by atoms with E-state index in [2.05, 4.69) is 35.5 Å². The van der Waals surface area contributed by atoms with Crippen LogP contribution < -0.4 is 15.5 Å². The molecule has 0 atom stereocenters. The number of nitrogens with one attached hydrogen (secondary N) is 2. The number of benzene rings is 1. The molecule has 0 aliphatic carbocycles. The molecule has 4 rings (SSSR count). The normalized spacial score (nSPS) is 13.4. The van der Waals surface area contributed by atoms with Crippen LogP contribution in [0.1, 0.15) is 29.0 Å². The second-order valence-corrected chi connectivity index (χ2v) is 6.64. The highest BCUT2D eigenvalue weighted by Gasteiger charge is 2.16. The summed E-state index contributed by atoms with van der Waals surface area (Å²) in [4.78, 5) is 31.4. The monoisotopic (exact) mass is 375 g/mol. The molecule has 3 aromatic rings. The van der Waals surface area contributed by atoms with Crippen LogP contribution >= 0.6 is 0 Å². The van der Waals surface area contributed by atoms with E-state index in [1.54, 1.807) is 0 Å². The Labute approximate surface area is 163 Å². The molecule has 1 aliphatic heterocycles. The minimum absolute atomic E-state index is 0.274. The molecule has 0 unspecified atom stereocenters. The molecular formula is C20H21N7O. The van der Waals surface area contributed by atoms with E-state index in [-0.39, 0.29) is 11.6 Å². The second kappa shape index (κ2) is 7.99. The third-order valence-electron chi connectivity index (χ3n) is 4.44. The molecule has 0 saturated carbocycles. The van der Waals surface area contributed by atoms with Gasteiger partial charge in [0.2, 0.25) is 5.95 Å². The molecule has 2 aromatic heterocycles. The van der Waals surface area contributed by atoms with Gasteiger partial charge in [-0.2, -0.15) is 4.98 Å². The molecule has 0 radical (unpaired) electrons. The van der Waals surface area contributed by atoms with E-state index in [9.17, 15) is 4.79 Å². The van der Waals surface area contributed by atoms with Crippen molar-refractivity contribution in [2.24, 2.45) is 0 Å². The van der Waals surface area contributed by atoms with Crippen molar-refractivity contribution in [2.45, 2.75) is 19.8 Å². The van der Waals surface area contributed by atoms with Gasteiger partial charge in [-0.15, -0.1) is 0 Å². The minimum Gasteiger partial charge on any atom is -0.341 e. The summed E-state index contributed by atoms with van der Waals surface area (Å²) in [5, 5.41) is 6.11. The number of aromatic nitrogens is 4. The molecular weight excluding hydrogens is 354 g/mol. The SMILES string of the molecule is Cc1cc(Nc2ccc(NC(=O)c3cnccn3)cc2)nc(N2CCCC2)n1. The molecule has 0 spiro atoms. The van der Waals surface area contributed by atoms with Crippen LogP contribution in [-0.4, -0.2) is 38.9 Å². The number of nitrogens with zero attached hydrogens (tertiary/aromatic N) is 5. The van der Waals surface area contributed by atoms with Crippen LogP contribution in [0.5, 0.6) is 0 Å². The molecule has 142 valence electrons. The van der Waals surface area contributed by atoms with Crippen LogP contribution in [0.25, 0.3) is 0 Å². The Morgan fingerprint density at radius 2 is 1.79 bits per heavy atom. The third-order valence-corrected chi connectivity index (χ3v) is 4.44. The molecule has 1 aliphatic rings. The van der Waals surface area contributed by atoms with E-state index < -0.39 is 0 Å². The van der Waals surface area contributed by atoms with Crippen molar-refractivity contribution in [3.8, 4) is 0 Å². The van der Waals surface area contributed by atoms with E-state index in [1.165, 1.54) is 31.4 Å². The van der Waals surface area contributed by atoms with E-state index >= 15 is 0 Å². The summed E-state index contributed by atoms with van der Waals surface area (Å²) in [5.74, 6) is 1.23. The Morgan fingerprint density at radius 1 is 1.04 bits per heavy atom. The predicted molar refractivity (Wildman–Crippen MR) is 108 cm³/mol. The van der Waals surface area contributed by atoms with Gasteiger partial charge in [0, 0.05) is 48.6 Å². The Bertz CT molecular complexity index is 954. The Morgan fingerprint density at radius 3 is 2.50 bits per heavy atom. The van der Waals surface area contributed by atoms with Gasteiger partial charge in [0.15, 0.2) is 0 Å². The van der Waals surface area contributed by atoms with Crippen LogP contribution in [-0.2, 0) is 0 Å². The van der Waals surface area contributed by atoms with Gasteiger partial charge in [0.25, 0.3) is 5.91 Å². The lowest BCUT2D eigenvalue weighted by Gasteiger charge is -2.17. The maximum absolute atomic E-state index is 12.1. The summed E-state index contributed by atoms with van der Waals surface area (Å²) in [6, 6.07) is 9.35. The van der Waals surface area contributed by atoms with Gasteiger partial charge in [0.05, 0.1) is 6.20 Å². The quantitative estimate of drug-likeness (QED) is 0.707. The van der Waals surface area contributed by atoms with Gasteiger partial charge < -0.3 is 15.5 Å². The fourth-order valence-corrected chi connectivity index (χ4v) is 3.07. The summed E-state index contributed by atoms with van der Waals surface area (Å²) >= 11 is 0. The second-order valence-electron chi connectivity index (χ2n) is 6.64. The summed E-state index contributed by atoms with van der Waals surface area (Å²) in [6.45, 7) is 3.98. The number of carbonyl (C=O) groups is 1. The summed E-state index contributed by atoms with van der Waals surface area (Å²) in [6.07, 6.45) is 6.81. The number of hydrogen-bond acceptors (Lipinski definition) is 7. The lowest BCUT2D eigenvalue weighted by atomic mass is 10.2. The van der Waals surface area contributed by atoms with Crippen molar-refractivity contribution in [1.82, 2.24) is 19.9 Å². The number of hydrogen-bond donors (Lipinski definition) is 2. The zero-order valence-electron chi connectivity index (χ0n) is 15.6. The van der Waals surface area contributed by atoms with Gasteiger partial charge in [-0.3, -0.25) is 9.78 Å². The molecule has 1 aromatic carbocycles. The fourth-order valence-electron chi connectivity index (χ4n) is 3.07. The number of aryl methyl sites for hydroxylation is 1. The highest BCUT2D eigenvalue weighted by molar-refractivity contribution is 6.02. The van der Waals surface area contributed by atoms with E-state index in [0.717, 1.165) is 36.2 Å². The summed E-state index contributed by atoms with van der Waals surface area (Å²) in [7, 11) is 0. The first kappa shape index (κ1) is 17.8. The van der Waals surface area contributed by atoms with Crippen molar-refractivity contribution in [1.29, 1.82) is 0 Å². The zero-order valence-corrected chi connectivity index (χ0v) is 15.6. The van der Waals surface area contributed by atoms with Crippen molar-refractivity contribution < 1.29 is 4.79 Å². The third kappa shape index (κ3) is 4.22. The number of rotatable bonds is 5. The maximum atomic E-state index is 12.1. The zero-order chi connectivity index (χ0) is 19.3. The van der Waals surface area contributed by atoms with Crippen LogP contribution in [0.4, 0.5) is 23.1 Å². The Kier molecular flexibility index (Phi) is 5.09. The molecule has 8 heteroatoms. The highest BCUT2D eigenvalue weighted by Crippen LogP contribution is 2.22. The van der Waals surface area contributed by atoms with Crippen LogP contribution in [0, 0.1) is 6.92 Å². The lowest BCUT2D eigenvalue weighted by molar-refractivity contribution is 0.102. The number of anilines is 4. The molecule has 2 N–H and O–H groups in total. The van der Waals surface area contributed by atoms with Crippen molar-refractivity contribution in [2.75, 3.05) is 28.6 Å². The molecule has 0 bridgehead atoms. The minimum atomic E-state index is -0.296. The van der Waals surface area contributed by atoms with Gasteiger partial charge in [0.1, 0.15) is 11.5 Å². The first-order valence-electron chi connectivity index (χ1n) is 9.22. The summed E-state index contributed by atoms with van der Waals surface area (Å²) < 4.78 is 0. The molecule has 8 nitrogen and oxygen atoms in total. The topological polar surface area (TPSA) is 95.9 Å². The van der Waals surface area contributed by atoms with Crippen molar-refractivity contribution in [3.63, 3.8) is 0 Å². The van der Waals surface area contributed by atoms with Crippen molar-refractivity contribution in [3.05, 3.63) is 60.3 Å². The van der Waals surface area contributed by atoms with Crippen LogP contribution in [0.3, 0.4) is 0 Å². The standard InChI is InChI=1S/C20H21N7O/c1-14-12-18(26-20(23-14)27-10-2-3-11-27)24-15-4-6-16(7-5-15)25-19(28)17-13-21-8-9-22-17/h4-9,12-13H,2-3,10-11H2,1H3,(H,25,28)(H,23,24,26). The average molecular weight is 375 g/mol. The number of carbonyl (C=O) groups excluding carboxylic acids is 1. The summed E-state index contributed by atoms with van der Waals surface area (Å²) in [5.41, 5.74) is 2.75. The first-order chi connectivity index (χ1) is 13.7. The van der Waals surface area contributed by atoms with Gasteiger partial charge in [-0.25, -0.2) is 9.97 Å². The average Bonchev–Trinajstić information content (AvgIpc) is 3.25. The molecule has 1 fully saturated rings. The van der Waals surface area contributed by atoms with Crippen LogP contribution in [0.2, 0.25) is 0 Å². The molecule has 1 amide bonds. The number of amides is 1. The van der Waals surface area contributed by atoms with Crippen LogP contribution in [0.15, 0.2) is 48.9 Å². The lowest BCUT2D eigenvalue weighted by Crippen LogP contribution is -2.21. The molecule has 3 heterocycles. The van der Waals surface area contributed by atoms with E-state index in [0.29, 0.717) is 5.69 Å². The van der Waals surface area contributed by atoms with E-state index in [4.69, 9.17) is 0 Å². The van der Waals surface area contributed by atoms with Gasteiger partial charge >= 0.3 is 0 Å². The van der Waals surface area contributed by atoms with Gasteiger partial charge in [-0.1, -0.05) is 0 Å². The Balaban J connectivity index is 1.44. The fraction of sp³-hybridized carbons (Fsp3) is 0.250. The van der Waals surface area contributed by atoms with Gasteiger partial charge in [-0.05, 0) is 44.0 Å². The molecule has 28 heavy (non-hydrogen) atoms. The van der Waals surface area contributed by atoms with E-state index in [1.807, 2.05) is 37.3 Å². The predicted octanol–water partition coefficient (Wildman–Crippen LogP) is 3.17.